The van der Waals surface area contributed by atoms with Crippen LogP contribution in [0.5, 0.6) is 0 Å². The van der Waals surface area contributed by atoms with Crippen LogP contribution >= 0.6 is 0 Å². The zero-order valence-electron chi connectivity index (χ0n) is 11.7. The topological polar surface area (TPSA) is 3.24 Å². The molecule has 1 aliphatic heterocycles. The highest BCUT2D eigenvalue weighted by Crippen LogP contribution is 2.61. The van der Waals surface area contributed by atoms with E-state index in [4.69, 9.17) is 0 Å². The molecule has 2 bridgehead atoms. The molecule has 0 aromatic heterocycles. The second-order valence-corrected chi connectivity index (χ2v) is 7.45. The van der Waals surface area contributed by atoms with Gasteiger partial charge in [-0.1, -0.05) is 18.2 Å². The largest absolute Gasteiger partial charge is 0.363 e. The summed E-state index contributed by atoms with van der Waals surface area (Å²) in [4.78, 5) is 2.75. The average molecular weight is 241 g/mol. The molecule has 1 heteroatoms. The zero-order valence-corrected chi connectivity index (χ0v) is 11.7. The summed E-state index contributed by atoms with van der Waals surface area (Å²) in [6.07, 6.45) is 4.42. The van der Waals surface area contributed by atoms with Crippen LogP contribution < -0.4 is 4.90 Å². The fourth-order valence-corrected chi connectivity index (χ4v) is 5.03. The fraction of sp³-hybridized carbons (Fsp3) is 0.647. The molecule has 0 unspecified atom stereocenters. The normalized spacial score (nSPS) is 36.9. The first-order chi connectivity index (χ1) is 8.57. The molecule has 18 heavy (non-hydrogen) atoms. The molecule has 2 aliphatic carbocycles. The van der Waals surface area contributed by atoms with Crippen LogP contribution in [-0.4, -0.2) is 11.6 Å². The molecule has 0 radical (unpaired) electrons. The van der Waals surface area contributed by atoms with Crippen LogP contribution in [0.4, 0.5) is 5.69 Å². The van der Waals surface area contributed by atoms with Gasteiger partial charge in [-0.2, -0.15) is 0 Å². The van der Waals surface area contributed by atoms with Crippen molar-refractivity contribution in [2.24, 2.45) is 11.8 Å². The van der Waals surface area contributed by atoms with Gasteiger partial charge in [-0.05, 0) is 63.5 Å². The van der Waals surface area contributed by atoms with E-state index >= 15 is 0 Å². The van der Waals surface area contributed by atoms with Gasteiger partial charge in [0.2, 0.25) is 0 Å². The Morgan fingerprint density at radius 2 is 1.78 bits per heavy atom. The summed E-state index contributed by atoms with van der Waals surface area (Å²) in [6.45, 7) is 7.12. The number of rotatable bonds is 0. The summed E-state index contributed by atoms with van der Waals surface area (Å²) in [7, 11) is 0. The van der Waals surface area contributed by atoms with Crippen LogP contribution in [-0.2, 0) is 0 Å². The average Bonchev–Trinajstić information content (AvgIpc) is 2.97. The Labute approximate surface area is 110 Å². The van der Waals surface area contributed by atoms with Gasteiger partial charge in [0.1, 0.15) is 0 Å². The van der Waals surface area contributed by atoms with Crippen molar-refractivity contribution >= 4 is 5.69 Å². The third kappa shape index (κ3) is 1.23. The summed E-state index contributed by atoms with van der Waals surface area (Å²) in [5.41, 5.74) is 3.42. The molecule has 1 heterocycles. The molecular weight excluding hydrogens is 218 g/mol. The van der Waals surface area contributed by atoms with Gasteiger partial charge < -0.3 is 4.90 Å². The summed E-state index contributed by atoms with van der Waals surface area (Å²) < 4.78 is 0. The smallest absolute Gasteiger partial charge is 0.0409 e. The van der Waals surface area contributed by atoms with E-state index in [0.717, 1.165) is 23.8 Å². The van der Waals surface area contributed by atoms with Crippen LogP contribution in [0.1, 0.15) is 51.5 Å². The molecule has 3 aliphatic rings. The minimum Gasteiger partial charge on any atom is -0.363 e. The zero-order chi connectivity index (χ0) is 12.5. The number of benzene rings is 1. The minimum absolute atomic E-state index is 0.250. The van der Waals surface area contributed by atoms with Crippen LogP contribution in [0.3, 0.4) is 0 Å². The van der Waals surface area contributed by atoms with E-state index in [-0.39, 0.29) is 5.54 Å². The molecule has 1 aromatic rings. The highest BCUT2D eigenvalue weighted by molar-refractivity contribution is 5.65. The van der Waals surface area contributed by atoms with E-state index in [0.29, 0.717) is 0 Å². The molecule has 1 nitrogen and oxygen atoms in total. The molecule has 96 valence electrons. The molecule has 0 amide bonds. The highest BCUT2D eigenvalue weighted by atomic mass is 15.3. The Bertz CT molecular complexity index is 485. The second-order valence-electron chi connectivity index (χ2n) is 7.45. The predicted molar refractivity (Wildman–Crippen MR) is 76.0 cm³/mol. The standard InChI is InChI=1S/C17H23N/c1-17(2,3)18-14-7-5-4-6-13(14)15-11-8-9-12(10-11)16(15)18/h4-7,11-12,15-16H,8-10H2,1-3H3/t11-,12-,15-,16-/m1/s1. The maximum absolute atomic E-state index is 2.75. The van der Waals surface area contributed by atoms with E-state index in [2.05, 4.69) is 49.9 Å². The molecular formula is C17H23N. The van der Waals surface area contributed by atoms with Crippen molar-refractivity contribution in [2.45, 2.75) is 57.5 Å². The first-order valence-electron chi connectivity index (χ1n) is 7.45. The Hall–Kier alpha value is -0.980. The van der Waals surface area contributed by atoms with Crippen LogP contribution in [0.2, 0.25) is 0 Å². The Morgan fingerprint density at radius 1 is 1.06 bits per heavy atom. The van der Waals surface area contributed by atoms with Crippen molar-refractivity contribution in [3.05, 3.63) is 29.8 Å². The van der Waals surface area contributed by atoms with E-state index < -0.39 is 0 Å². The number of anilines is 1. The third-order valence-corrected chi connectivity index (χ3v) is 5.45. The summed E-state index contributed by atoms with van der Waals surface area (Å²) in [6, 6.07) is 9.97. The number of nitrogens with zero attached hydrogens (tertiary/aromatic N) is 1. The predicted octanol–water partition coefficient (Wildman–Crippen LogP) is 4.19. The highest BCUT2D eigenvalue weighted by Gasteiger charge is 2.56. The molecule has 0 spiro atoms. The molecule has 2 fully saturated rings. The SMILES string of the molecule is CC(C)(C)N1c2ccccc2[C@H]2[C@@H]3CC[C@H](C3)[C@H]21. The van der Waals surface area contributed by atoms with Gasteiger partial charge in [-0.25, -0.2) is 0 Å². The third-order valence-electron chi connectivity index (χ3n) is 5.45. The lowest BCUT2D eigenvalue weighted by Gasteiger charge is -2.43. The molecule has 0 saturated heterocycles. The van der Waals surface area contributed by atoms with Crippen molar-refractivity contribution in [1.82, 2.24) is 0 Å². The quantitative estimate of drug-likeness (QED) is 0.658. The summed E-state index contributed by atoms with van der Waals surface area (Å²) >= 11 is 0. The maximum atomic E-state index is 2.75. The van der Waals surface area contributed by atoms with Gasteiger partial charge in [0.25, 0.3) is 0 Å². The van der Waals surface area contributed by atoms with Gasteiger partial charge in [0.05, 0.1) is 0 Å². The maximum Gasteiger partial charge on any atom is 0.0409 e. The molecule has 0 N–H and O–H groups in total. The monoisotopic (exact) mass is 241 g/mol. The minimum atomic E-state index is 0.250. The van der Waals surface area contributed by atoms with E-state index in [9.17, 15) is 0 Å². The lowest BCUT2D eigenvalue weighted by atomic mass is 9.82. The lowest BCUT2D eigenvalue weighted by Crippen LogP contribution is -2.49. The van der Waals surface area contributed by atoms with Crippen LogP contribution in [0.25, 0.3) is 0 Å². The van der Waals surface area contributed by atoms with Gasteiger partial charge in [0, 0.05) is 23.2 Å². The second kappa shape index (κ2) is 3.31. The first kappa shape index (κ1) is 10.9. The van der Waals surface area contributed by atoms with Gasteiger partial charge in [-0.3, -0.25) is 0 Å². The van der Waals surface area contributed by atoms with Gasteiger partial charge >= 0.3 is 0 Å². The van der Waals surface area contributed by atoms with E-state index in [1.807, 2.05) is 0 Å². The van der Waals surface area contributed by atoms with E-state index in [1.54, 1.807) is 5.56 Å². The first-order valence-corrected chi connectivity index (χ1v) is 7.45. The molecule has 2 saturated carbocycles. The summed E-state index contributed by atoms with van der Waals surface area (Å²) in [5.74, 6) is 2.75. The van der Waals surface area contributed by atoms with E-state index in [1.165, 1.54) is 24.9 Å². The number of hydrogen-bond donors (Lipinski definition) is 0. The Morgan fingerprint density at radius 3 is 2.56 bits per heavy atom. The lowest BCUT2D eigenvalue weighted by molar-refractivity contribution is 0.325. The molecule has 4 rings (SSSR count). The molecule has 1 aromatic carbocycles. The summed E-state index contributed by atoms with van der Waals surface area (Å²) in [5, 5.41) is 0. The number of fused-ring (bicyclic) bond motifs is 7. The van der Waals surface area contributed by atoms with Crippen molar-refractivity contribution in [1.29, 1.82) is 0 Å². The van der Waals surface area contributed by atoms with Gasteiger partial charge in [-0.15, -0.1) is 0 Å². The van der Waals surface area contributed by atoms with Crippen molar-refractivity contribution in [3.63, 3.8) is 0 Å². The van der Waals surface area contributed by atoms with Crippen molar-refractivity contribution < 1.29 is 0 Å². The van der Waals surface area contributed by atoms with Crippen molar-refractivity contribution in [3.8, 4) is 0 Å². The fourth-order valence-electron chi connectivity index (χ4n) is 5.03. The van der Waals surface area contributed by atoms with Crippen LogP contribution in [0, 0.1) is 11.8 Å². The number of para-hydroxylation sites is 1. The number of hydrogen-bond acceptors (Lipinski definition) is 1. The van der Waals surface area contributed by atoms with Crippen molar-refractivity contribution in [2.75, 3.05) is 4.90 Å². The molecule has 4 atom stereocenters. The Balaban J connectivity index is 1.89. The van der Waals surface area contributed by atoms with Crippen LogP contribution in [0.15, 0.2) is 24.3 Å². The Kier molecular flexibility index (Phi) is 2.01. The van der Waals surface area contributed by atoms with Gasteiger partial charge in [0.15, 0.2) is 0 Å².